The van der Waals surface area contributed by atoms with E-state index in [-0.39, 0.29) is 17.9 Å². The minimum Gasteiger partial charge on any atom is -0.326 e. The van der Waals surface area contributed by atoms with Crippen molar-refractivity contribution in [3.63, 3.8) is 0 Å². The van der Waals surface area contributed by atoms with E-state index in [4.69, 9.17) is 0 Å². The Balaban J connectivity index is 1.64. The molecule has 0 atom stereocenters. The highest BCUT2D eigenvalue weighted by Gasteiger charge is 2.09. The van der Waals surface area contributed by atoms with Crippen molar-refractivity contribution in [2.24, 2.45) is 0 Å². The number of benzene rings is 2. The predicted octanol–water partition coefficient (Wildman–Crippen LogP) is 3.58. The molecule has 0 aliphatic rings. The first-order valence-corrected chi connectivity index (χ1v) is 10.1. The molecule has 0 radical (unpaired) electrons. The number of carbonyl (C=O) groups is 1. The fourth-order valence-corrected chi connectivity index (χ4v) is 3.40. The number of anilines is 1. The molecular weight excluding hydrogens is 364 g/mol. The summed E-state index contributed by atoms with van der Waals surface area (Å²) in [7, 11) is 0. The van der Waals surface area contributed by atoms with Gasteiger partial charge in [-0.2, -0.15) is 0 Å². The number of fused-ring (bicyclic) bond motifs is 1. The SMILES string of the molecule is CCN(CC)Cc1cccc(NC(=O)CCn2cnc3c(C)cccc3c2=O)c1. The second-order valence-corrected chi connectivity index (χ2v) is 7.17. The van der Waals surface area contributed by atoms with Crippen molar-refractivity contribution in [1.82, 2.24) is 14.5 Å². The van der Waals surface area contributed by atoms with Crippen molar-refractivity contribution in [3.05, 3.63) is 70.3 Å². The second kappa shape index (κ2) is 9.47. The van der Waals surface area contributed by atoms with Crippen LogP contribution in [0.1, 0.15) is 31.4 Å². The van der Waals surface area contributed by atoms with Crippen LogP contribution in [0.3, 0.4) is 0 Å². The van der Waals surface area contributed by atoms with Gasteiger partial charge in [0.2, 0.25) is 5.91 Å². The summed E-state index contributed by atoms with van der Waals surface area (Å²) in [6.45, 7) is 9.33. The number of aromatic nitrogens is 2. The number of nitrogens with one attached hydrogen (secondary N) is 1. The normalized spacial score (nSPS) is 11.2. The molecule has 2 aromatic carbocycles. The Kier molecular flexibility index (Phi) is 6.77. The Morgan fingerprint density at radius 3 is 2.66 bits per heavy atom. The lowest BCUT2D eigenvalue weighted by atomic mass is 10.1. The molecule has 6 nitrogen and oxygen atoms in total. The summed E-state index contributed by atoms with van der Waals surface area (Å²) in [6, 6.07) is 13.5. The molecule has 1 aromatic heterocycles. The Morgan fingerprint density at radius 1 is 1.14 bits per heavy atom. The summed E-state index contributed by atoms with van der Waals surface area (Å²) in [5.41, 5.74) is 3.50. The lowest BCUT2D eigenvalue weighted by Gasteiger charge is -2.18. The molecule has 0 unspecified atom stereocenters. The quantitative estimate of drug-likeness (QED) is 0.636. The third kappa shape index (κ3) is 5.09. The molecular formula is C23H28N4O2. The van der Waals surface area contributed by atoms with Crippen LogP contribution in [-0.4, -0.2) is 33.4 Å². The number of hydrogen-bond acceptors (Lipinski definition) is 4. The van der Waals surface area contributed by atoms with Crippen molar-refractivity contribution < 1.29 is 4.79 Å². The van der Waals surface area contributed by atoms with Crippen molar-refractivity contribution in [3.8, 4) is 0 Å². The number of nitrogens with zero attached hydrogens (tertiary/aromatic N) is 3. The Bertz CT molecular complexity index is 1050. The standard InChI is InChI=1S/C23H28N4O2/c1-4-26(5-2)15-18-9-7-10-19(14-18)25-21(28)12-13-27-16-24-22-17(3)8-6-11-20(22)23(27)29/h6-11,14,16H,4-5,12-13,15H2,1-3H3,(H,25,28). The Labute approximate surface area is 171 Å². The number of carbonyl (C=O) groups excluding carboxylic acids is 1. The van der Waals surface area contributed by atoms with E-state index in [0.29, 0.717) is 17.4 Å². The number of hydrogen-bond donors (Lipinski definition) is 1. The minimum absolute atomic E-state index is 0.118. The van der Waals surface area contributed by atoms with E-state index in [1.807, 2.05) is 37.3 Å². The summed E-state index contributed by atoms with van der Waals surface area (Å²) < 4.78 is 1.50. The maximum Gasteiger partial charge on any atom is 0.261 e. The van der Waals surface area contributed by atoms with Gasteiger partial charge in [0, 0.05) is 25.2 Å². The van der Waals surface area contributed by atoms with Gasteiger partial charge < -0.3 is 5.32 Å². The highest BCUT2D eigenvalue weighted by molar-refractivity contribution is 5.90. The highest BCUT2D eigenvalue weighted by Crippen LogP contribution is 2.14. The first-order valence-electron chi connectivity index (χ1n) is 10.1. The van der Waals surface area contributed by atoms with Crippen LogP contribution in [0, 0.1) is 6.92 Å². The van der Waals surface area contributed by atoms with Crippen molar-refractivity contribution in [2.45, 2.75) is 40.3 Å². The average Bonchev–Trinajstić information content (AvgIpc) is 2.72. The lowest BCUT2D eigenvalue weighted by Crippen LogP contribution is -2.24. The van der Waals surface area contributed by atoms with Crippen molar-refractivity contribution >= 4 is 22.5 Å². The number of aryl methyl sites for hydroxylation is 2. The predicted molar refractivity (Wildman–Crippen MR) is 117 cm³/mol. The molecule has 0 saturated carbocycles. The van der Waals surface area contributed by atoms with Crippen molar-refractivity contribution in [1.29, 1.82) is 0 Å². The van der Waals surface area contributed by atoms with Gasteiger partial charge in [0.05, 0.1) is 17.2 Å². The third-order valence-electron chi connectivity index (χ3n) is 5.15. The van der Waals surface area contributed by atoms with Crippen LogP contribution in [0.25, 0.3) is 10.9 Å². The summed E-state index contributed by atoms with van der Waals surface area (Å²) in [5, 5.41) is 3.51. The van der Waals surface area contributed by atoms with Crippen LogP contribution in [0.4, 0.5) is 5.69 Å². The zero-order chi connectivity index (χ0) is 20.8. The third-order valence-corrected chi connectivity index (χ3v) is 5.15. The van der Waals surface area contributed by atoms with E-state index in [1.54, 1.807) is 6.07 Å². The fraction of sp³-hybridized carbons (Fsp3) is 0.348. The van der Waals surface area contributed by atoms with Crippen LogP contribution in [0.2, 0.25) is 0 Å². The van der Waals surface area contributed by atoms with Gasteiger partial charge in [-0.05, 0) is 49.3 Å². The van der Waals surface area contributed by atoms with E-state index in [0.717, 1.165) is 36.4 Å². The summed E-state index contributed by atoms with van der Waals surface area (Å²) in [5.74, 6) is -0.124. The molecule has 0 bridgehead atoms. The lowest BCUT2D eigenvalue weighted by molar-refractivity contribution is -0.116. The molecule has 29 heavy (non-hydrogen) atoms. The van der Waals surface area contributed by atoms with Gasteiger partial charge in [0.1, 0.15) is 0 Å². The summed E-state index contributed by atoms with van der Waals surface area (Å²) >= 11 is 0. The Hall–Kier alpha value is -2.99. The van der Waals surface area contributed by atoms with E-state index < -0.39 is 0 Å². The molecule has 0 saturated heterocycles. The molecule has 1 N–H and O–H groups in total. The van der Waals surface area contributed by atoms with E-state index in [9.17, 15) is 9.59 Å². The summed E-state index contributed by atoms with van der Waals surface area (Å²) in [6.07, 6.45) is 1.73. The molecule has 152 valence electrons. The molecule has 0 spiro atoms. The van der Waals surface area contributed by atoms with Gasteiger partial charge in [-0.3, -0.25) is 19.1 Å². The van der Waals surface area contributed by atoms with Crippen molar-refractivity contribution in [2.75, 3.05) is 18.4 Å². The van der Waals surface area contributed by atoms with Gasteiger partial charge in [-0.1, -0.05) is 38.1 Å². The molecule has 6 heteroatoms. The molecule has 3 rings (SSSR count). The molecule has 1 heterocycles. The molecule has 0 aliphatic heterocycles. The topological polar surface area (TPSA) is 67.2 Å². The van der Waals surface area contributed by atoms with Gasteiger partial charge in [-0.25, -0.2) is 4.98 Å². The van der Waals surface area contributed by atoms with Crippen LogP contribution in [0.5, 0.6) is 0 Å². The molecule has 0 fully saturated rings. The molecule has 0 aliphatic carbocycles. The first-order chi connectivity index (χ1) is 14.0. The first kappa shape index (κ1) is 20.7. The largest absolute Gasteiger partial charge is 0.326 e. The maximum absolute atomic E-state index is 12.6. The monoisotopic (exact) mass is 392 g/mol. The Morgan fingerprint density at radius 2 is 1.90 bits per heavy atom. The van der Waals surface area contributed by atoms with Crippen LogP contribution in [0.15, 0.2) is 53.6 Å². The smallest absolute Gasteiger partial charge is 0.261 e. The fourth-order valence-electron chi connectivity index (χ4n) is 3.40. The van der Waals surface area contributed by atoms with Gasteiger partial charge >= 0.3 is 0 Å². The van der Waals surface area contributed by atoms with Crippen LogP contribution in [-0.2, 0) is 17.9 Å². The number of amides is 1. The average molecular weight is 393 g/mol. The summed E-state index contributed by atoms with van der Waals surface area (Å²) in [4.78, 5) is 31.8. The minimum atomic E-state index is -0.124. The van der Waals surface area contributed by atoms with Gasteiger partial charge in [-0.15, -0.1) is 0 Å². The maximum atomic E-state index is 12.6. The van der Waals surface area contributed by atoms with E-state index in [2.05, 4.69) is 35.1 Å². The van der Waals surface area contributed by atoms with Gasteiger partial charge in [0.15, 0.2) is 0 Å². The molecule has 1 amide bonds. The second-order valence-electron chi connectivity index (χ2n) is 7.17. The number of para-hydroxylation sites is 1. The van der Waals surface area contributed by atoms with E-state index >= 15 is 0 Å². The zero-order valence-corrected chi connectivity index (χ0v) is 17.3. The highest BCUT2D eigenvalue weighted by atomic mass is 16.1. The number of rotatable bonds is 8. The zero-order valence-electron chi connectivity index (χ0n) is 17.3. The molecule has 3 aromatic rings. The van der Waals surface area contributed by atoms with Gasteiger partial charge in [0.25, 0.3) is 5.56 Å². The van der Waals surface area contributed by atoms with Crippen LogP contribution < -0.4 is 10.9 Å². The van der Waals surface area contributed by atoms with Crippen LogP contribution >= 0.6 is 0 Å². The van der Waals surface area contributed by atoms with E-state index in [1.165, 1.54) is 10.9 Å².